The number of para-hydroxylation sites is 2. The molecule has 68 valence electrons. The van der Waals surface area contributed by atoms with Crippen molar-refractivity contribution in [2.75, 3.05) is 0 Å². The Kier molecular flexibility index (Phi) is 1.75. The summed E-state index contributed by atoms with van der Waals surface area (Å²) in [6.45, 7) is 0. The predicted octanol–water partition coefficient (Wildman–Crippen LogP) is 0.991. The highest BCUT2D eigenvalue weighted by atomic mass is 16.3. The van der Waals surface area contributed by atoms with Gasteiger partial charge in [0, 0.05) is 11.0 Å². The first-order valence-electron chi connectivity index (χ1n) is 4.03. The molecule has 2 rings (SSSR count). The smallest absolute Gasteiger partial charge is 0.348 e. The summed E-state index contributed by atoms with van der Waals surface area (Å²) in [6, 6.07) is 7.57. The molecule has 5 heteroatoms. The lowest BCUT2D eigenvalue weighted by molar-refractivity contribution is -0.472. The van der Waals surface area contributed by atoms with Crippen molar-refractivity contribution in [3.8, 4) is 6.07 Å². The third-order valence-electron chi connectivity index (χ3n) is 2.01. The highest BCUT2D eigenvalue weighted by Crippen LogP contribution is 2.31. The van der Waals surface area contributed by atoms with Gasteiger partial charge in [-0.1, -0.05) is 12.1 Å². The Morgan fingerprint density at radius 2 is 2.21 bits per heavy atom. The van der Waals surface area contributed by atoms with Crippen molar-refractivity contribution in [2.45, 2.75) is 6.04 Å². The fourth-order valence-corrected chi connectivity index (χ4v) is 1.32. The topological polar surface area (TPSA) is 82.2 Å². The number of hydrogen-bond donors (Lipinski definition) is 1. The SMILES string of the molecule is N#CC1C(N)=Nc2ccccc2[N+]1=O. The number of aliphatic imine (C=N–C) groups is 1. The molecule has 0 saturated carbocycles. The summed E-state index contributed by atoms with van der Waals surface area (Å²) in [6.07, 6.45) is 0. The van der Waals surface area contributed by atoms with Crippen molar-refractivity contribution < 1.29 is 4.76 Å². The second-order valence-corrected chi connectivity index (χ2v) is 2.88. The normalized spacial score (nSPS) is 19.5. The number of benzene rings is 1. The number of amidine groups is 1. The van der Waals surface area contributed by atoms with Crippen LogP contribution in [0.25, 0.3) is 0 Å². The maximum absolute atomic E-state index is 11.6. The minimum atomic E-state index is -1.01. The Hall–Kier alpha value is -2.22. The molecule has 1 aromatic carbocycles. The lowest BCUT2D eigenvalue weighted by Crippen LogP contribution is -2.36. The third-order valence-corrected chi connectivity index (χ3v) is 2.01. The molecule has 1 aliphatic heterocycles. The number of nitrogens with two attached hydrogens (primary N) is 1. The fourth-order valence-electron chi connectivity index (χ4n) is 1.32. The molecule has 0 bridgehead atoms. The van der Waals surface area contributed by atoms with E-state index in [0.717, 1.165) is 0 Å². The molecule has 14 heavy (non-hydrogen) atoms. The summed E-state index contributed by atoms with van der Waals surface area (Å²) >= 11 is 0. The van der Waals surface area contributed by atoms with E-state index in [-0.39, 0.29) is 5.84 Å². The highest BCUT2D eigenvalue weighted by molar-refractivity contribution is 5.92. The molecule has 1 atom stereocenters. The van der Waals surface area contributed by atoms with E-state index >= 15 is 0 Å². The minimum Gasteiger partial charge on any atom is -0.380 e. The molecule has 0 aromatic heterocycles. The van der Waals surface area contributed by atoms with E-state index < -0.39 is 6.04 Å². The zero-order valence-corrected chi connectivity index (χ0v) is 7.21. The van der Waals surface area contributed by atoms with Crippen molar-refractivity contribution in [1.29, 1.82) is 5.26 Å². The van der Waals surface area contributed by atoms with Crippen LogP contribution in [0.5, 0.6) is 0 Å². The zero-order valence-electron chi connectivity index (χ0n) is 7.21. The number of nitriles is 1. The highest BCUT2D eigenvalue weighted by Gasteiger charge is 2.37. The van der Waals surface area contributed by atoms with Crippen molar-refractivity contribution in [1.82, 2.24) is 0 Å². The summed E-state index contributed by atoms with van der Waals surface area (Å²) in [5.74, 6) is 0.0428. The molecular formula is C9H7N4O+. The van der Waals surface area contributed by atoms with Crippen LogP contribution in [0.1, 0.15) is 0 Å². The summed E-state index contributed by atoms with van der Waals surface area (Å²) in [7, 11) is 0. The summed E-state index contributed by atoms with van der Waals surface area (Å²) < 4.78 is 0.581. The number of nitroso groups, excluding NO2 is 1. The van der Waals surface area contributed by atoms with Crippen LogP contribution in [0.3, 0.4) is 0 Å². The van der Waals surface area contributed by atoms with Crippen LogP contribution >= 0.6 is 0 Å². The molecule has 5 nitrogen and oxygen atoms in total. The van der Waals surface area contributed by atoms with Gasteiger partial charge in [0.1, 0.15) is 5.69 Å². The molecule has 1 heterocycles. The van der Waals surface area contributed by atoms with Gasteiger partial charge in [-0.2, -0.15) is 5.26 Å². The zero-order chi connectivity index (χ0) is 10.1. The van der Waals surface area contributed by atoms with Gasteiger partial charge in [0.2, 0.25) is 0 Å². The van der Waals surface area contributed by atoms with Crippen LogP contribution in [0.2, 0.25) is 0 Å². The molecule has 1 aromatic rings. The van der Waals surface area contributed by atoms with Gasteiger partial charge >= 0.3 is 6.04 Å². The Bertz CT molecular complexity index is 472. The van der Waals surface area contributed by atoms with Gasteiger partial charge in [-0.25, -0.2) is 4.99 Å². The van der Waals surface area contributed by atoms with Gasteiger partial charge < -0.3 is 5.73 Å². The van der Waals surface area contributed by atoms with E-state index in [0.29, 0.717) is 16.1 Å². The second-order valence-electron chi connectivity index (χ2n) is 2.88. The number of nitrogens with zero attached hydrogens (tertiary/aromatic N) is 3. The van der Waals surface area contributed by atoms with E-state index in [1.807, 2.05) is 0 Å². The monoisotopic (exact) mass is 187 g/mol. The van der Waals surface area contributed by atoms with Crippen molar-refractivity contribution in [3.63, 3.8) is 0 Å². The van der Waals surface area contributed by atoms with Gasteiger partial charge in [0.25, 0.3) is 5.69 Å². The van der Waals surface area contributed by atoms with E-state index in [4.69, 9.17) is 11.0 Å². The number of hydrogen-bond acceptors (Lipinski definition) is 4. The third kappa shape index (κ3) is 1.05. The van der Waals surface area contributed by atoms with Crippen molar-refractivity contribution >= 4 is 17.2 Å². The molecule has 0 fully saturated rings. The standard InChI is InChI=1S/C9H7N4O/c10-5-8-9(11)12-6-3-1-2-4-7(6)13(8)14/h1-4,8H,(H2,11,12)/q+1. The molecule has 0 amide bonds. The molecule has 0 saturated heterocycles. The van der Waals surface area contributed by atoms with Gasteiger partial charge in [0.05, 0.1) is 4.76 Å². The van der Waals surface area contributed by atoms with E-state index in [1.165, 1.54) is 0 Å². The van der Waals surface area contributed by atoms with E-state index in [9.17, 15) is 4.91 Å². The molecule has 0 aliphatic carbocycles. The summed E-state index contributed by atoms with van der Waals surface area (Å²) in [4.78, 5) is 15.6. The van der Waals surface area contributed by atoms with Crippen LogP contribution in [0.15, 0.2) is 29.3 Å². The first-order valence-corrected chi connectivity index (χ1v) is 4.03. The summed E-state index contributed by atoms with van der Waals surface area (Å²) in [5, 5.41) is 8.70. The summed E-state index contributed by atoms with van der Waals surface area (Å²) in [5.41, 5.74) is 6.37. The van der Waals surface area contributed by atoms with Crippen LogP contribution < -0.4 is 5.73 Å². The minimum absolute atomic E-state index is 0.0428. The second kappa shape index (κ2) is 2.92. The van der Waals surface area contributed by atoms with Crippen LogP contribution in [-0.2, 0) is 0 Å². The maximum atomic E-state index is 11.6. The molecule has 1 unspecified atom stereocenters. The average Bonchev–Trinajstić information content (AvgIpc) is 2.18. The Morgan fingerprint density at radius 1 is 1.50 bits per heavy atom. The van der Waals surface area contributed by atoms with Gasteiger partial charge in [0.15, 0.2) is 11.9 Å². The fraction of sp³-hybridized carbons (Fsp3) is 0.111. The molecule has 2 N–H and O–H groups in total. The first-order chi connectivity index (χ1) is 6.74. The Labute approximate surface area is 80.1 Å². The number of fused-ring (bicyclic) bond motifs is 1. The quantitative estimate of drug-likeness (QED) is 0.615. The molecule has 0 radical (unpaired) electrons. The first kappa shape index (κ1) is 8.38. The molecule has 0 spiro atoms. The molecule has 1 aliphatic rings. The van der Waals surface area contributed by atoms with Gasteiger partial charge in [-0.15, -0.1) is 0 Å². The van der Waals surface area contributed by atoms with E-state index in [2.05, 4.69) is 4.99 Å². The lowest BCUT2D eigenvalue weighted by Gasteiger charge is -2.08. The Morgan fingerprint density at radius 3 is 2.93 bits per heavy atom. The van der Waals surface area contributed by atoms with E-state index in [1.54, 1.807) is 30.3 Å². The van der Waals surface area contributed by atoms with Crippen molar-refractivity contribution in [2.24, 2.45) is 10.7 Å². The van der Waals surface area contributed by atoms with Gasteiger partial charge in [-0.3, -0.25) is 0 Å². The van der Waals surface area contributed by atoms with Crippen LogP contribution in [-0.4, -0.2) is 16.6 Å². The number of rotatable bonds is 0. The maximum Gasteiger partial charge on any atom is 0.348 e. The average molecular weight is 187 g/mol. The van der Waals surface area contributed by atoms with Gasteiger partial charge in [-0.05, 0) is 6.07 Å². The Balaban J connectivity index is 2.63. The largest absolute Gasteiger partial charge is 0.380 e. The van der Waals surface area contributed by atoms with Crippen molar-refractivity contribution in [3.05, 3.63) is 29.2 Å². The predicted molar refractivity (Wildman–Crippen MR) is 50.4 cm³/mol. The van der Waals surface area contributed by atoms with Crippen LogP contribution in [0.4, 0.5) is 11.4 Å². The molecular weight excluding hydrogens is 180 g/mol. The van der Waals surface area contributed by atoms with Crippen LogP contribution in [0, 0.1) is 16.2 Å². The lowest BCUT2D eigenvalue weighted by atomic mass is 10.2.